The minimum atomic E-state index is -3.66. The van der Waals surface area contributed by atoms with Gasteiger partial charge in [0.15, 0.2) is 11.2 Å². The van der Waals surface area contributed by atoms with E-state index in [1.54, 1.807) is 11.5 Å². The zero-order chi connectivity index (χ0) is 19.2. The van der Waals surface area contributed by atoms with Crippen LogP contribution in [0.25, 0.3) is 11.2 Å². The first-order valence-corrected chi connectivity index (χ1v) is 10.3. The summed E-state index contributed by atoms with van der Waals surface area (Å²) in [5.41, 5.74) is 5.19. The summed E-state index contributed by atoms with van der Waals surface area (Å²) in [5, 5.41) is 0. The topological polar surface area (TPSA) is 145 Å². The second-order valence-electron chi connectivity index (χ2n) is 5.94. The van der Waals surface area contributed by atoms with Crippen LogP contribution < -0.4 is 11.3 Å². The van der Waals surface area contributed by atoms with Crippen LogP contribution in [0.4, 0.5) is 5.95 Å². The Labute approximate surface area is 151 Å². The van der Waals surface area contributed by atoms with Gasteiger partial charge in [-0.25, -0.2) is 4.98 Å². The van der Waals surface area contributed by atoms with Crippen LogP contribution in [0.3, 0.4) is 0 Å². The minimum Gasteiger partial charge on any atom is -0.369 e. The van der Waals surface area contributed by atoms with E-state index in [0.717, 1.165) is 12.8 Å². The molecule has 2 heterocycles. The van der Waals surface area contributed by atoms with Crippen LogP contribution in [0, 0.1) is 0 Å². The number of nitrogens with one attached hydrogen (secondary N) is 1. The molecular formula is C15H26N5O5P. The van der Waals surface area contributed by atoms with Crippen molar-refractivity contribution in [2.75, 3.05) is 18.9 Å². The molecule has 0 saturated heterocycles. The normalized spacial score (nSPS) is 15.2. The van der Waals surface area contributed by atoms with Crippen LogP contribution in [-0.2, 0) is 20.6 Å². The van der Waals surface area contributed by atoms with Crippen LogP contribution in [0.2, 0.25) is 0 Å². The summed E-state index contributed by atoms with van der Waals surface area (Å²) in [4.78, 5) is 32.3. The van der Waals surface area contributed by atoms with Crippen LogP contribution >= 0.6 is 7.60 Å². The number of rotatable bonds is 11. The first kappa shape index (κ1) is 20.6. The fraction of sp³-hybridized carbons (Fsp3) is 0.667. The molecular weight excluding hydrogens is 361 g/mol. The second-order valence-corrected chi connectivity index (χ2v) is 8.06. The minimum absolute atomic E-state index is 0.00168. The molecule has 0 fully saturated rings. The fourth-order valence-corrected chi connectivity index (χ4v) is 4.17. The molecule has 0 aromatic carbocycles. The number of aromatic amines is 1. The third-order valence-corrected chi connectivity index (χ3v) is 6.05. The summed E-state index contributed by atoms with van der Waals surface area (Å²) < 4.78 is 24.5. The molecule has 11 heteroatoms. The average molecular weight is 387 g/mol. The van der Waals surface area contributed by atoms with Crippen molar-refractivity contribution in [1.82, 2.24) is 19.5 Å². The first-order valence-electron chi connectivity index (χ1n) is 8.64. The monoisotopic (exact) mass is 387 g/mol. The molecule has 4 N–H and O–H groups in total. The lowest BCUT2D eigenvalue weighted by Crippen LogP contribution is -2.15. The summed E-state index contributed by atoms with van der Waals surface area (Å²) >= 11 is 0. The fourth-order valence-electron chi connectivity index (χ4n) is 2.65. The molecule has 2 unspecified atom stereocenters. The second kappa shape index (κ2) is 9.27. The highest BCUT2D eigenvalue weighted by Crippen LogP contribution is 2.50. The third kappa shape index (κ3) is 5.14. The molecule has 0 bridgehead atoms. The average Bonchev–Trinajstić information content (AvgIpc) is 2.97. The lowest BCUT2D eigenvalue weighted by molar-refractivity contribution is 0.0748. The van der Waals surface area contributed by atoms with E-state index in [4.69, 9.17) is 15.0 Å². The zero-order valence-electron chi connectivity index (χ0n) is 15.1. The number of ether oxygens (including phenoxy) is 1. The van der Waals surface area contributed by atoms with Gasteiger partial charge in [0.1, 0.15) is 6.73 Å². The third-order valence-electron chi connectivity index (χ3n) is 3.99. The number of H-pyrrole nitrogens is 1. The van der Waals surface area contributed by atoms with E-state index in [1.807, 2.05) is 6.92 Å². The van der Waals surface area contributed by atoms with Gasteiger partial charge in [-0.1, -0.05) is 19.8 Å². The van der Waals surface area contributed by atoms with Crippen LogP contribution in [0.15, 0.2) is 11.1 Å². The quantitative estimate of drug-likeness (QED) is 0.391. The van der Waals surface area contributed by atoms with Gasteiger partial charge in [-0.2, -0.15) is 4.98 Å². The molecule has 146 valence electrons. The first-order chi connectivity index (χ1) is 12.4. The van der Waals surface area contributed by atoms with Crippen LogP contribution in [0.5, 0.6) is 0 Å². The van der Waals surface area contributed by atoms with E-state index in [9.17, 15) is 14.3 Å². The number of nitrogens with two attached hydrogens (primary N) is 1. The van der Waals surface area contributed by atoms with Crippen LogP contribution in [0.1, 0.15) is 39.5 Å². The van der Waals surface area contributed by atoms with Crippen molar-refractivity contribution in [3.63, 3.8) is 0 Å². The SMILES string of the molecule is CCCCC(CCOCn1cnc2c(=O)[nH]c(N)nc21)P(=O)(O)OCC. The highest BCUT2D eigenvalue weighted by Gasteiger charge is 2.31. The predicted octanol–water partition coefficient (Wildman–Crippen LogP) is 1.85. The van der Waals surface area contributed by atoms with Crippen LogP contribution in [-0.4, -0.2) is 43.3 Å². The van der Waals surface area contributed by atoms with E-state index in [2.05, 4.69) is 15.0 Å². The summed E-state index contributed by atoms with van der Waals surface area (Å²) in [7, 11) is -3.66. The Morgan fingerprint density at radius 3 is 2.88 bits per heavy atom. The predicted molar refractivity (Wildman–Crippen MR) is 97.9 cm³/mol. The highest BCUT2D eigenvalue weighted by molar-refractivity contribution is 7.53. The molecule has 0 saturated carbocycles. The van der Waals surface area contributed by atoms with Gasteiger partial charge in [0, 0.05) is 6.61 Å². The molecule has 0 aliphatic rings. The van der Waals surface area contributed by atoms with Crippen molar-refractivity contribution >= 4 is 24.7 Å². The van der Waals surface area contributed by atoms with Gasteiger partial charge in [-0.15, -0.1) is 0 Å². The van der Waals surface area contributed by atoms with E-state index >= 15 is 0 Å². The molecule has 2 aromatic heterocycles. The largest absolute Gasteiger partial charge is 0.369 e. The lowest BCUT2D eigenvalue weighted by atomic mass is 10.1. The van der Waals surface area contributed by atoms with Gasteiger partial charge in [0.05, 0.1) is 18.6 Å². The van der Waals surface area contributed by atoms with E-state index in [-0.39, 0.29) is 31.4 Å². The molecule has 2 rings (SSSR count). The van der Waals surface area contributed by atoms with E-state index < -0.39 is 18.8 Å². The van der Waals surface area contributed by atoms with Gasteiger partial charge < -0.3 is 19.9 Å². The maximum Gasteiger partial charge on any atom is 0.331 e. The van der Waals surface area contributed by atoms with Gasteiger partial charge in [0.25, 0.3) is 5.56 Å². The Hall–Kier alpha value is -1.74. The molecule has 0 amide bonds. The van der Waals surface area contributed by atoms with Crippen molar-refractivity contribution in [3.8, 4) is 0 Å². The van der Waals surface area contributed by atoms with Crippen molar-refractivity contribution in [2.24, 2.45) is 0 Å². The molecule has 10 nitrogen and oxygen atoms in total. The maximum absolute atomic E-state index is 12.3. The van der Waals surface area contributed by atoms with Crippen molar-refractivity contribution in [3.05, 3.63) is 16.7 Å². The lowest BCUT2D eigenvalue weighted by Gasteiger charge is -2.22. The van der Waals surface area contributed by atoms with Crippen molar-refractivity contribution in [2.45, 2.75) is 51.9 Å². The molecule has 0 aliphatic carbocycles. The molecule has 0 aliphatic heterocycles. The number of hydrogen-bond acceptors (Lipinski definition) is 7. The van der Waals surface area contributed by atoms with Crippen molar-refractivity contribution < 1.29 is 18.7 Å². The smallest absolute Gasteiger partial charge is 0.331 e. The summed E-state index contributed by atoms with van der Waals surface area (Å²) in [5.74, 6) is 0.00168. The highest BCUT2D eigenvalue weighted by atomic mass is 31.2. The molecule has 2 atom stereocenters. The molecule has 2 aromatic rings. The Bertz CT molecular complexity index is 820. The summed E-state index contributed by atoms with van der Waals surface area (Å²) in [6.07, 6.45) is 4.23. The Morgan fingerprint density at radius 2 is 2.19 bits per heavy atom. The Balaban J connectivity index is 1.96. The standard InChI is InChI=1S/C15H26N5O5P/c1-3-5-6-11(26(22,23)25-4-2)7-8-24-10-20-9-17-12-13(20)18-15(16)19-14(12)21/h9,11H,3-8,10H2,1-2H3,(H,22,23)(H3,16,18,19,21). The number of aromatic nitrogens is 4. The van der Waals surface area contributed by atoms with E-state index in [1.165, 1.54) is 6.33 Å². The number of anilines is 1. The molecule has 26 heavy (non-hydrogen) atoms. The Morgan fingerprint density at radius 1 is 1.42 bits per heavy atom. The Kier molecular flexibility index (Phi) is 7.33. The van der Waals surface area contributed by atoms with Gasteiger partial charge in [-0.3, -0.25) is 18.9 Å². The van der Waals surface area contributed by atoms with Gasteiger partial charge >= 0.3 is 7.60 Å². The number of imidazole rings is 1. The summed E-state index contributed by atoms with van der Waals surface area (Å²) in [6, 6.07) is 0. The van der Waals surface area contributed by atoms with Gasteiger partial charge in [0.2, 0.25) is 5.95 Å². The number of fused-ring (bicyclic) bond motifs is 1. The summed E-state index contributed by atoms with van der Waals surface area (Å²) in [6.45, 7) is 4.30. The number of hydrogen-bond donors (Lipinski definition) is 3. The zero-order valence-corrected chi connectivity index (χ0v) is 15.9. The number of nitrogens with zero attached hydrogens (tertiary/aromatic N) is 3. The van der Waals surface area contributed by atoms with E-state index in [0.29, 0.717) is 18.5 Å². The molecule has 0 radical (unpaired) electrons. The van der Waals surface area contributed by atoms with Gasteiger partial charge in [-0.05, 0) is 19.8 Å². The number of nitrogen functional groups attached to an aromatic ring is 1. The molecule has 0 spiro atoms. The maximum atomic E-state index is 12.3. The van der Waals surface area contributed by atoms with Crippen molar-refractivity contribution in [1.29, 1.82) is 0 Å². The number of unbranched alkanes of at least 4 members (excludes halogenated alkanes) is 1.